The summed E-state index contributed by atoms with van der Waals surface area (Å²) >= 11 is 0. The van der Waals surface area contributed by atoms with Crippen LogP contribution >= 0.6 is 0 Å². The minimum atomic E-state index is -0.121. The normalized spacial score (nSPS) is 32.4. The van der Waals surface area contributed by atoms with Gasteiger partial charge < -0.3 is 10.0 Å². The topological polar surface area (TPSA) is 43.8 Å². The molecule has 1 saturated heterocycles. The number of amides is 1. The molecule has 0 radical (unpaired) electrons. The van der Waals surface area contributed by atoms with Crippen LogP contribution in [0.5, 0.6) is 0 Å². The van der Waals surface area contributed by atoms with Crippen molar-refractivity contribution >= 4 is 5.91 Å². The van der Waals surface area contributed by atoms with E-state index >= 15 is 0 Å². The quantitative estimate of drug-likeness (QED) is 0.795. The molecule has 2 aliphatic rings. The van der Waals surface area contributed by atoms with Crippen LogP contribution in [0.15, 0.2) is 0 Å². The lowest BCUT2D eigenvalue weighted by Gasteiger charge is -2.45. The molecule has 17 heavy (non-hydrogen) atoms. The van der Waals surface area contributed by atoms with Crippen LogP contribution in [0.4, 0.5) is 0 Å². The van der Waals surface area contributed by atoms with E-state index in [0.29, 0.717) is 18.5 Å². The van der Waals surface area contributed by atoms with Crippen molar-refractivity contribution in [3.8, 4) is 0 Å². The lowest BCUT2D eigenvalue weighted by atomic mass is 10.0. The van der Waals surface area contributed by atoms with Crippen LogP contribution in [-0.2, 0) is 4.79 Å². The van der Waals surface area contributed by atoms with Crippen LogP contribution in [0, 0.1) is 0 Å². The summed E-state index contributed by atoms with van der Waals surface area (Å²) in [6.07, 6.45) is 5.39. The van der Waals surface area contributed by atoms with Crippen LogP contribution in [0.3, 0.4) is 0 Å². The van der Waals surface area contributed by atoms with E-state index in [9.17, 15) is 4.79 Å². The van der Waals surface area contributed by atoms with Gasteiger partial charge in [0.2, 0.25) is 5.91 Å². The number of hydrogen-bond donors (Lipinski definition) is 1. The summed E-state index contributed by atoms with van der Waals surface area (Å²) in [6.45, 7) is 3.10. The molecule has 0 bridgehead atoms. The highest BCUT2D eigenvalue weighted by molar-refractivity contribution is 5.83. The number of aliphatic hydroxyl groups is 1. The molecule has 1 amide bonds. The van der Waals surface area contributed by atoms with E-state index in [2.05, 4.69) is 16.7 Å². The minimum Gasteiger partial charge on any atom is -0.396 e. The van der Waals surface area contributed by atoms with Gasteiger partial charge in [-0.05, 0) is 33.2 Å². The zero-order chi connectivity index (χ0) is 12.4. The molecule has 2 rings (SSSR count). The first-order valence-electron chi connectivity index (χ1n) is 6.78. The third-order valence-electron chi connectivity index (χ3n) is 4.38. The molecule has 1 saturated carbocycles. The van der Waals surface area contributed by atoms with Gasteiger partial charge in [-0.25, -0.2) is 0 Å². The van der Waals surface area contributed by atoms with Crippen LogP contribution < -0.4 is 0 Å². The lowest BCUT2D eigenvalue weighted by molar-refractivity contribution is -0.147. The van der Waals surface area contributed by atoms with Crippen molar-refractivity contribution in [1.82, 2.24) is 9.80 Å². The Balaban J connectivity index is 2.09. The van der Waals surface area contributed by atoms with E-state index in [1.165, 1.54) is 12.8 Å². The molecule has 2 fully saturated rings. The largest absolute Gasteiger partial charge is 0.396 e. The van der Waals surface area contributed by atoms with E-state index in [1.54, 1.807) is 0 Å². The zero-order valence-corrected chi connectivity index (χ0v) is 10.9. The first-order chi connectivity index (χ1) is 8.15. The number of nitrogens with zero attached hydrogens (tertiary/aromatic N) is 2. The summed E-state index contributed by atoms with van der Waals surface area (Å²) in [4.78, 5) is 16.6. The van der Waals surface area contributed by atoms with Gasteiger partial charge in [0.25, 0.3) is 0 Å². The molecule has 0 aromatic heterocycles. The highest BCUT2D eigenvalue weighted by atomic mass is 16.3. The molecule has 4 heteroatoms. The molecule has 1 heterocycles. The van der Waals surface area contributed by atoms with E-state index in [0.717, 1.165) is 19.4 Å². The van der Waals surface area contributed by atoms with E-state index < -0.39 is 0 Å². The molecule has 2 atom stereocenters. The third kappa shape index (κ3) is 2.47. The summed E-state index contributed by atoms with van der Waals surface area (Å²) in [5.74, 6) is 0.228. The predicted octanol–water partition coefficient (Wildman–Crippen LogP) is 0.842. The van der Waals surface area contributed by atoms with Crippen molar-refractivity contribution in [2.75, 3.05) is 20.2 Å². The van der Waals surface area contributed by atoms with Gasteiger partial charge in [0.1, 0.15) is 0 Å². The van der Waals surface area contributed by atoms with Crippen molar-refractivity contribution in [3.63, 3.8) is 0 Å². The van der Waals surface area contributed by atoms with Gasteiger partial charge in [-0.3, -0.25) is 9.69 Å². The molecule has 98 valence electrons. The smallest absolute Gasteiger partial charge is 0.240 e. The van der Waals surface area contributed by atoms with E-state index in [-0.39, 0.29) is 18.6 Å². The molecule has 1 aliphatic carbocycles. The van der Waals surface area contributed by atoms with Gasteiger partial charge in [0.05, 0.1) is 6.04 Å². The van der Waals surface area contributed by atoms with Gasteiger partial charge in [-0.1, -0.05) is 12.8 Å². The lowest BCUT2D eigenvalue weighted by Crippen LogP contribution is -2.61. The number of piperazine rings is 1. The van der Waals surface area contributed by atoms with Crippen LogP contribution in [0.25, 0.3) is 0 Å². The summed E-state index contributed by atoms with van der Waals surface area (Å²) < 4.78 is 0. The molecule has 0 aromatic rings. The first-order valence-corrected chi connectivity index (χ1v) is 6.78. The van der Waals surface area contributed by atoms with Crippen LogP contribution in [0.1, 0.15) is 39.0 Å². The molecular formula is C13H24N2O2. The van der Waals surface area contributed by atoms with E-state index in [4.69, 9.17) is 5.11 Å². The molecule has 1 aliphatic heterocycles. The summed E-state index contributed by atoms with van der Waals surface area (Å²) in [7, 11) is 1.99. The van der Waals surface area contributed by atoms with Gasteiger partial charge >= 0.3 is 0 Å². The summed E-state index contributed by atoms with van der Waals surface area (Å²) in [5.41, 5.74) is 0. The predicted molar refractivity (Wildman–Crippen MR) is 66.7 cm³/mol. The molecule has 2 unspecified atom stereocenters. The number of aliphatic hydroxyl groups excluding tert-OH is 1. The number of hydrogen-bond acceptors (Lipinski definition) is 3. The molecule has 4 nitrogen and oxygen atoms in total. The first kappa shape index (κ1) is 12.8. The summed E-state index contributed by atoms with van der Waals surface area (Å²) in [6, 6.07) is 0.731. The highest BCUT2D eigenvalue weighted by Gasteiger charge is 2.39. The number of likely N-dealkylation sites (N-methyl/N-ethyl adjacent to an activating group) is 1. The average Bonchev–Trinajstić information content (AvgIpc) is 2.83. The second kappa shape index (κ2) is 5.36. The standard InChI is InChI=1S/C13H24N2O2/c1-10-9-15(11-5-3-4-6-11)13(17)12(7-8-16)14(10)2/h10-12,16H,3-9H2,1-2H3. The van der Waals surface area contributed by atoms with Crippen LogP contribution in [-0.4, -0.2) is 59.1 Å². The highest BCUT2D eigenvalue weighted by Crippen LogP contribution is 2.28. The Kier molecular flexibility index (Phi) is 4.05. The number of carbonyl (C=O) groups is 1. The summed E-state index contributed by atoms with van der Waals surface area (Å²) in [5, 5.41) is 9.09. The minimum absolute atomic E-state index is 0.0893. The Hall–Kier alpha value is -0.610. The van der Waals surface area contributed by atoms with Crippen molar-refractivity contribution in [1.29, 1.82) is 0 Å². The fourth-order valence-electron chi connectivity index (χ4n) is 3.17. The molecule has 1 N–H and O–H groups in total. The Bertz CT molecular complexity index is 277. The monoisotopic (exact) mass is 240 g/mol. The molecular weight excluding hydrogens is 216 g/mol. The maximum atomic E-state index is 12.4. The maximum Gasteiger partial charge on any atom is 0.240 e. The second-order valence-corrected chi connectivity index (χ2v) is 5.47. The van der Waals surface area contributed by atoms with Crippen molar-refractivity contribution in [2.45, 2.75) is 57.2 Å². The van der Waals surface area contributed by atoms with Crippen molar-refractivity contribution < 1.29 is 9.90 Å². The van der Waals surface area contributed by atoms with Gasteiger partial charge in [0.15, 0.2) is 0 Å². The molecule has 0 aromatic carbocycles. The fourth-order valence-corrected chi connectivity index (χ4v) is 3.17. The Morgan fingerprint density at radius 3 is 2.59 bits per heavy atom. The van der Waals surface area contributed by atoms with Gasteiger partial charge in [-0.15, -0.1) is 0 Å². The van der Waals surface area contributed by atoms with Crippen molar-refractivity contribution in [3.05, 3.63) is 0 Å². The molecule has 0 spiro atoms. The Labute approximate surface area is 104 Å². The van der Waals surface area contributed by atoms with Gasteiger partial charge in [-0.2, -0.15) is 0 Å². The SMILES string of the molecule is CC1CN(C2CCCC2)C(=O)C(CCO)N1C. The average molecular weight is 240 g/mol. The van der Waals surface area contributed by atoms with Crippen LogP contribution in [0.2, 0.25) is 0 Å². The fraction of sp³-hybridized carbons (Fsp3) is 0.923. The zero-order valence-electron chi connectivity index (χ0n) is 10.9. The van der Waals surface area contributed by atoms with E-state index in [1.807, 2.05) is 7.05 Å². The number of rotatable bonds is 3. The number of carbonyl (C=O) groups excluding carboxylic acids is 1. The van der Waals surface area contributed by atoms with Gasteiger partial charge in [0, 0.05) is 25.2 Å². The third-order valence-corrected chi connectivity index (χ3v) is 4.38. The van der Waals surface area contributed by atoms with Crippen molar-refractivity contribution in [2.24, 2.45) is 0 Å². The second-order valence-electron chi connectivity index (χ2n) is 5.47. The maximum absolute atomic E-state index is 12.4. The Morgan fingerprint density at radius 1 is 1.35 bits per heavy atom. The Morgan fingerprint density at radius 2 is 2.00 bits per heavy atom.